The first-order chi connectivity index (χ1) is 14.0. The number of imidazole rings is 1. The molecule has 0 aliphatic rings. The van der Waals surface area contributed by atoms with Crippen molar-refractivity contribution in [2.75, 3.05) is 5.32 Å². The Balaban J connectivity index is 1.62. The van der Waals surface area contributed by atoms with Gasteiger partial charge in [0.05, 0.1) is 5.52 Å². The lowest BCUT2D eigenvalue weighted by molar-refractivity contribution is 0.0689. The maximum absolute atomic E-state index is 11.1. The van der Waals surface area contributed by atoms with Gasteiger partial charge in [-0.3, -0.25) is 0 Å². The monoisotopic (exact) mass is 408 g/mol. The quantitative estimate of drug-likeness (QED) is 0.486. The normalized spacial score (nSPS) is 10.8. The van der Waals surface area contributed by atoms with Crippen LogP contribution in [-0.2, 0) is 6.54 Å². The molecule has 2 heterocycles. The molecule has 0 spiro atoms. The number of aryl methyl sites for hydroxylation is 1. The molecule has 0 aliphatic heterocycles. The number of halogens is 1. The number of fused-ring (bicyclic) bond motifs is 1. The van der Waals surface area contributed by atoms with Gasteiger partial charge >= 0.3 is 5.97 Å². The number of nitrogens with zero attached hydrogens (tertiary/aromatic N) is 3. The van der Waals surface area contributed by atoms with Gasteiger partial charge in [0, 0.05) is 35.6 Å². The molecule has 2 aromatic heterocycles. The molecule has 4 aromatic rings. The molecule has 0 saturated carbocycles. The van der Waals surface area contributed by atoms with E-state index in [-0.39, 0.29) is 5.69 Å². The lowest BCUT2D eigenvalue weighted by atomic mass is 10.2. The SMILES string of the molecule is Cc1nc2c(CNc3ccc(Cl)cc3)cccc2n1Oc1ccnc(C(=O)O)c1. The lowest BCUT2D eigenvalue weighted by Gasteiger charge is -2.10. The van der Waals surface area contributed by atoms with Crippen molar-refractivity contribution in [2.24, 2.45) is 0 Å². The number of benzene rings is 2. The average molecular weight is 409 g/mol. The van der Waals surface area contributed by atoms with Crippen molar-refractivity contribution in [3.05, 3.63) is 82.9 Å². The van der Waals surface area contributed by atoms with Gasteiger partial charge in [-0.25, -0.2) is 14.8 Å². The number of carbonyl (C=O) groups is 1. The number of hydrogen-bond donors (Lipinski definition) is 2. The van der Waals surface area contributed by atoms with Crippen LogP contribution < -0.4 is 10.2 Å². The van der Waals surface area contributed by atoms with Gasteiger partial charge in [0.15, 0.2) is 11.4 Å². The summed E-state index contributed by atoms with van der Waals surface area (Å²) < 4.78 is 1.59. The molecular weight excluding hydrogens is 392 g/mol. The van der Waals surface area contributed by atoms with Gasteiger partial charge in [-0.1, -0.05) is 23.7 Å². The van der Waals surface area contributed by atoms with E-state index in [0.717, 1.165) is 22.3 Å². The first kappa shape index (κ1) is 18.8. The maximum atomic E-state index is 11.1. The van der Waals surface area contributed by atoms with Gasteiger partial charge in [0.25, 0.3) is 0 Å². The van der Waals surface area contributed by atoms with Crippen LogP contribution in [0.15, 0.2) is 60.8 Å². The molecule has 4 rings (SSSR count). The van der Waals surface area contributed by atoms with Crippen LogP contribution >= 0.6 is 11.6 Å². The van der Waals surface area contributed by atoms with Crippen LogP contribution in [0.2, 0.25) is 5.02 Å². The molecule has 8 heteroatoms. The van der Waals surface area contributed by atoms with E-state index in [2.05, 4.69) is 15.3 Å². The van der Waals surface area contributed by atoms with E-state index in [1.165, 1.54) is 12.3 Å². The third-order valence-electron chi connectivity index (χ3n) is 4.36. The van der Waals surface area contributed by atoms with Crippen molar-refractivity contribution >= 4 is 34.3 Å². The van der Waals surface area contributed by atoms with E-state index in [9.17, 15) is 4.79 Å². The molecule has 0 atom stereocenters. The fourth-order valence-electron chi connectivity index (χ4n) is 2.97. The Labute approximate surface area is 171 Å². The Morgan fingerprint density at radius 1 is 1.21 bits per heavy atom. The van der Waals surface area contributed by atoms with E-state index in [4.69, 9.17) is 21.5 Å². The summed E-state index contributed by atoms with van der Waals surface area (Å²) in [5.74, 6) is -0.102. The minimum absolute atomic E-state index is 0.0857. The molecule has 146 valence electrons. The summed E-state index contributed by atoms with van der Waals surface area (Å²) in [4.78, 5) is 25.5. The van der Waals surface area contributed by atoms with Crippen LogP contribution in [0.3, 0.4) is 0 Å². The predicted molar refractivity (Wildman–Crippen MR) is 110 cm³/mol. The van der Waals surface area contributed by atoms with E-state index < -0.39 is 5.97 Å². The molecule has 0 unspecified atom stereocenters. The zero-order valence-corrected chi connectivity index (χ0v) is 16.2. The Morgan fingerprint density at radius 3 is 2.76 bits per heavy atom. The Morgan fingerprint density at radius 2 is 2.00 bits per heavy atom. The highest BCUT2D eigenvalue weighted by Gasteiger charge is 2.14. The van der Waals surface area contributed by atoms with Gasteiger partial charge in [0.2, 0.25) is 0 Å². The molecule has 0 aliphatic carbocycles. The maximum Gasteiger partial charge on any atom is 0.354 e. The average Bonchev–Trinajstić information content (AvgIpc) is 3.04. The molecule has 0 bridgehead atoms. The number of carboxylic acids is 1. The number of aromatic carboxylic acids is 1. The fraction of sp³-hybridized carbons (Fsp3) is 0.0952. The number of aromatic nitrogens is 3. The van der Waals surface area contributed by atoms with Crippen molar-refractivity contribution in [1.29, 1.82) is 0 Å². The van der Waals surface area contributed by atoms with Crippen LogP contribution in [-0.4, -0.2) is 25.8 Å². The summed E-state index contributed by atoms with van der Waals surface area (Å²) in [6, 6.07) is 16.3. The molecule has 0 saturated heterocycles. The minimum Gasteiger partial charge on any atom is -0.477 e. The van der Waals surface area contributed by atoms with E-state index in [0.29, 0.717) is 23.1 Å². The summed E-state index contributed by atoms with van der Waals surface area (Å²) in [6.07, 6.45) is 1.40. The molecule has 2 N–H and O–H groups in total. The molecular formula is C21H17ClN4O3. The number of pyridine rings is 1. The van der Waals surface area contributed by atoms with Crippen molar-refractivity contribution in [3.8, 4) is 5.75 Å². The van der Waals surface area contributed by atoms with E-state index in [1.54, 1.807) is 10.8 Å². The van der Waals surface area contributed by atoms with Gasteiger partial charge in [0.1, 0.15) is 11.3 Å². The lowest BCUT2D eigenvalue weighted by Crippen LogP contribution is -2.08. The highest BCUT2D eigenvalue weighted by atomic mass is 35.5. The number of rotatable bonds is 6. The van der Waals surface area contributed by atoms with Crippen LogP contribution in [0, 0.1) is 6.92 Å². The van der Waals surface area contributed by atoms with Gasteiger partial charge in [-0.15, -0.1) is 0 Å². The second-order valence-electron chi connectivity index (χ2n) is 6.37. The zero-order valence-electron chi connectivity index (χ0n) is 15.5. The first-order valence-corrected chi connectivity index (χ1v) is 9.23. The fourth-order valence-corrected chi connectivity index (χ4v) is 3.09. The minimum atomic E-state index is -1.11. The van der Waals surface area contributed by atoms with Crippen LogP contribution in [0.5, 0.6) is 5.75 Å². The number of anilines is 1. The second-order valence-corrected chi connectivity index (χ2v) is 6.81. The highest BCUT2D eigenvalue weighted by molar-refractivity contribution is 6.30. The summed E-state index contributed by atoms with van der Waals surface area (Å²) in [7, 11) is 0. The van der Waals surface area contributed by atoms with Gasteiger partial charge in [-0.05, 0) is 42.8 Å². The predicted octanol–water partition coefficient (Wildman–Crippen LogP) is 4.55. The number of nitrogens with one attached hydrogen (secondary N) is 1. The van der Waals surface area contributed by atoms with Crippen molar-refractivity contribution < 1.29 is 14.7 Å². The van der Waals surface area contributed by atoms with E-state index >= 15 is 0 Å². The van der Waals surface area contributed by atoms with Crippen LogP contribution in [0.1, 0.15) is 21.9 Å². The Bertz CT molecular complexity index is 1190. The van der Waals surface area contributed by atoms with Gasteiger partial charge < -0.3 is 15.3 Å². The first-order valence-electron chi connectivity index (χ1n) is 8.85. The zero-order chi connectivity index (χ0) is 20.4. The summed E-state index contributed by atoms with van der Waals surface area (Å²) in [5.41, 5.74) is 3.46. The second kappa shape index (κ2) is 7.81. The third kappa shape index (κ3) is 4.00. The number of para-hydroxylation sites is 1. The van der Waals surface area contributed by atoms with Gasteiger partial charge in [-0.2, -0.15) is 4.73 Å². The standard InChI is InChI=1S/C21H17ClN4O3/c1-13-25-20-14(12-24-16-7-5-15(22)6-8-16)3-2-4-19(20)26(13)29-17-9-10-23-18(11-17)21(27)28/h2-11,24H,12H2,1H3,(H,27,28). The molecule has 2 aromatic carbocycles. The number of hydrogen-bond acceptors (Lipinski definition) is 5. The third-order valence-corrected chi connectivity index (χ3v) is 4.61. The molecule has 0 amide bonds. The Hall–Kier alpha value is -3.58. The molecule has 0 fully saturated rings. The van der Waals surface area contributed by atoms with Crippen molar-refractivity contribution in [3.63, 3.8) is 0 Å². The van der Waals surface area contributed by atoms with E-state index in [1.807, 2.05) is 49.4 Å². The van der Waals surface area contributed by atoms with Crippen molar-refractivity contribution in [1.82, 2.24) is 14.7 Å². The van der Waals surface area contributed by atoms with Crippen LogP contribution in [0.25, 0.3) is 11.0 Å². The molecule has 0 radical (unpaired) electrons. The topological polar surface area (TPSA) is 89.3 Å². The summed E-state index contributed by atoms with van der Waals surface area (Å²) in [5, 5.41) is 13.2. The highest BCUT2D eigenvalue weighted by Crippen LogP contribution is 2.23. The number of carboxylic acid groups (broad SMARTS) is 1. The molecule has 7 nitrogen and oxygen atoms in total. The summed E-state index contributed by atoms with van der Waals surface area (Å²) >= 11 is 5.93. The van der Waals surface area contributed by atoms with Crippen LogP contribution in [0.4, 0.5) is 5.69 Å². The summed E-state index contributed by atoms with van der Waals surface area (Å²) in [6.45, 7) is 2.41. The largest absolute Gasteiger partial charge is 0.477 e. The molecule has 29 heavy (non-hydrogen) atoms. The smallest absolute Gasteiger partial charge is 0.354 e. The van der Waals surface area contributed by atoms with Crippen molar-refractivity contribution in [2.45, 2.75) is 13.5 Å². The Kier molecular flexibility index (Phi) is 5.05.